The SMILES string of the molecule is CC(C)N(CCC(=O)O)C(=O)CCCN(C)S(=O)(=O)c1ccc(F)cc1. The predicted octanol–water partition coefficient (Wildman–Crippen LogP) is 1.94. The average Bonchev–Trinajstić information content (AvgIpc) is 2.54. The molecule has 7 nitrogen and oxygen atoms in total. The van der Waals surface area contributed by atoms with Crippen LogP contribution in [0.25, 0.3) is 0 Å². The smallest absolute Gasteiger partial charge is 0.305 e. The Morgan fingerprint density at radius 1 is 1.12 bits per heavy atom. The van der Waals surface area contributed by atoms with Gasteiger partial charge >= 0.3 is 5.97 Å². The summed E-state index contributed by atoms with van der Waals surface area (Å²) in [4.78, 5) is 24.4. The molecule has 0 aliphatic heterocycles. The van der Waals surface area contributed by atoms with E-state index in [4.69, 9.17) is 5.11 Å². The summed E-state index contributed by atoms with van der Waals surface area (Å²) in [6.45, 7) is 3.83. The number of hydrogen-bond acceptors (Lipinski definition) is 4. The molecular formula is C17H25FN2O5S. The number of aliphatic carboxylic acids is 1. The molecule has 1 aromatic rings. The lowest BCUT2D eigenvalue weighted by Gasteiger charge is -2.26. The number of carboxylic acid groups (broad SMARTS) is 1. The first kappa shape index (κ1) is 22.0. The molecule has 0 radical (unpaired) electrons. The van der Waals surface area contributed by atoms with E-state index in [-0.39, 0.29) is 42.8 Å². The molecule has 1 rings (SSSR count). The number of benzene rings is 1. The fraction of sp³-hybridized carbons (Fsp3) is 0.529. The zero-order valence-corrected chi connectivity index (χ0v) is 16.0. The van der Waals surface area contributed by atoms with Crippen LogP contribution in [0.5, 0.6) is 0 Å². The van der Waals surface area contributed by atoms with Crippen LogP contribution in [0.2, 0.25) is 0 Å². The molecule has 0 heterocycles. The molecule has 146 valence electrons. The lowest BCUT2D eigenvalue weighted by Crippen LogP contribution is -2.39. The van der Waals surface area contributed by atoms with E-state index in [0.29, 0.717) is 6.42 Å². The summed E-state index contributed by atoms with van der Waals surface area (Å²) in [6.07, 6.45) is 0.274. The molecule has 0 saturated heterocycles. The summed E-state index contributed by atoms with van der Waals surface area (Å²) in [5, 5.41) is 8.75. The third-order valence-electron chi connectivity index (χ3n) is 3.90. The first-order chi connectivity index (χ1) is 12.1. The van der Waals surface area contributed by atoms with Crippen molar-refractivity contribution in [1.82, 2.24) is 9.21 Å². The summed E-state index contributed by atoms with van der Waals surface area (Å²) < 4.78 is 38.8. The fourth-order valence-corrected chi connectivity index (χ4v) is 3.60. The molecule has 0 bridgehead atoms. The molecule has 9 heteroatoms. The quantitative estimate of drug-likeness (QED) is 0.661. The Labute approximate surface area is 153 Å². The van der Waals surface area contributed by atoms with Crippen LogP contribution in [-0.2, 0) is 19.6 Å². The highest BCUT2D eigenvalue weighted by Crippen LogP contribution is 2.15. The molecule has 0 aliphatic carbocycles. The Morgan fingerprint density at radius 3 is 2.19 bits per heavy atom. The number of rotatable bonds is 10. The zero-order chi connectivity index (χ0) is 19.9. The third kappa shape index (κ3) is 6.38. The summed E-state index contributed by atoms with van der Waals surface area (Å²) in [5.74, 6) is -1.71. The lowest BCUT2D eigenvalue weighted by atomic mass is 10.2. The summed E-state index contributed by atoms with van der Waals surface area (Å²) >= 11 is 0. The lowest BCUT2D eigenvalue weighted by molar-refractivity contribution is -0.139. The predicted molar refractivity (Wildman–Crippen MR) is 94.6 cm³/mol. The van der Waals surface area contributed by atoms with Gasteiger partial charge in [-0.3, -0.25) is 9.59 Å². The number of halogens is 1. The summed E-state index contributed by atoms with van der Waals surface area (Å²) in [5.41, 5.74) is 0. The number of nitrogens with zero attached hydrogens (tertiary/aromatic N) is 2. The van der Waals surface area contributed by atoms with E-state index < -0.39 is 21.8 Å². The number of sulfonamides is 1. The minimum Gasteiger partial charge on any atom is -0.481 e. The maximum Gasteiger partial charge on any atom is 0.305 e. The molecule has 0 aliphatic rings. The Balaban J connectivity index is 2.60. The Bertz CT molecular complexity index is 719. The second kappa shape index (κ2) is 9.63. The molecule has 0 fully saturated rings. The molecule has 0 unspecified atom stereocenters. The molecule has 0 saturated carbocycles. The van der Waals surface area contributed by atoms with Crippen molar-refractivity contribution in [2.45, 2.75) is 44.0 Å². The number of carbonyl (C=O) groups is 2. The molecule has 1 N–H and O–H groups in total. The molecule has 26 heavy (non-hydrogen) atoms. The van der Waals surface area contributed by atoms with Crippen molar-refractivity contribution in [3.63, 3.8) is 0 Å². The summed E-state index contributed by atoms with van der Waals surface area (Å²) in [6, 6.07) is 4.40. The van der Waals surface area contributed by atoms with E-state index in [1.54, 1.807) is 13.8 Å². The van der Waals surface area contributed by atoms with Gasteiger partial charge < -0.3 is 10.0 Å². The molecule has 0 aromatic heterocycles. The van der Waals surface area contributed by atoms with Crippen LogP contribution in [0.1, 0.15) is 33.1 Å². The first-order valence-corrected chi connectivity index (χ1v) is 9.73. The highest BCUT2D eigenvalue weighted by atomic mass is 32.2. The average molecular weight is 388 g/mol. The van der Waals surface area contributed by atoms with Gasteiger partial charge in [-0.25, -0.2) is 17.1 Å². The number of carbonyl (C=O) groups excluding carboxylic acids is 1. The van der Waals surface area contributed by atoms with Gasteiger partial charge in [0.25, 0.3) is 0 Å². The van der Waals surface area contributed by atoms with Crippen LogP contribution >= 0.6 is 0 Å². The first-order valence-electron chi connectivity index (χ1n) is 8.29. The molecule has 0 atom stereocenters. The van der Waals surface area contributed by atoms with Crippen molar-refractivity contribution in [3.8, 4) is 0 Å². The van der Waals surface area contributed by atoms with Crippen LogP contribution in [0.4, 0.5) is 4.39 Å². The van der Waals surface area contributed by atoms with Crippen molar-refractivity contribution >= 4 is 21.9 Å². The second-order valence-electron chi connectivity index (χ2n) is 6.21. The largest absolute Gasteiger partial charge is 0.481 e. The van der Waals surface area contributed by atoms with Crippen molar-refractivity contribution in [2.75, 3.05) is 20.1 Å². The van der Waals surface area contributed by atoms with E-state index in [1.165, 1.54) is 24.1 Å². The van der Waals surface area contributed by atoms with Gasteiger partial charge in [0.15, 0.2) is 0 Å². The zero-order valence-electron chi connectivity index (χ0n) is 15.2. The maximum atomic E-state index is 12.9. The maximum absolute atomic E-state index is 12.9. The van der Waals surface area contributed by atoms with Crippen molar-refractivity contribution in [1.29, 1.82) is 0 Å². The van der Waals surface area contributed by atoms with E-state index in [0.717, 1.165) is 16.4 Å². The van der Waals surface area contributed by atoms with Crippen molar-refractivity contribution in [2.24, 2.45) is 0 Å². The fourth-order valence-electron chi connectivity index (χ4n) is 2.39. The monoisotopic (exact) mass is 388 g/mol. The number of amides is 1. The number of hydrogen-bond donors (Lipinski definition) is 1. The molecule has 1 amide bonds. The number of carboxylic acids is 1. The van der Waals surface area contributed by atoms with Gasteiger partial charge in [-0.2, -0.15) is 0 Å². The Morgan fingerprint density at radius 2 is 1.69 bits per heavy atom. The topological polar surface area (TPSA) is 95.0 Å². The highest BCUT2D eigenvalue weighted by molar-refractivity contribution is 7.89. The van der Waals surface area contributed by atoms with Crippen LogP contribution in [0, 0.1) is 5.82 Å². The van der Waals surface area contributed by atoms with Crippen LogP contribution in [-0.4, -0.2) is 60.8 Å². The van der Waals surface area contributed by atoms with Crippen LogP contribution in [0.15, 0.2) is 29.2 Å². The van der Waals surface area contributed by atoms with Gasteiger partial charge in [-0.1, -0.05) is 0 Å². The van der Waals surface area contributed by atoms with E-state index in [9.17, 15) is 22.4 Å². The van der Waals surface area contributed by atoms with Gasteiger partial charge in [-0.15, -0.1) is 0 Å². The van der Waals surface area contributed by atoms with Gasteiger partial charge in [0.05, 0.1) is 11.3 Å². The van der Waals surface area contributed by atoms with Crippen molar-refractivity contribution < 1.29 is 27.5 Å². The van der Waals surface area contributed by atoms with E-state index >= 15 is 0 Å². The van der Waals surface area contributed by atoms with Gasteiger partial charge in [0.1, 0.15) is 5.82 Å². The second-order valence-corrected chi connectivity index (χ2v) is 8.25. The van der Waals surface area contributed by atoms with E-state index in [1.807, 2.05) is 0 Å². The van der Waals surface area contributed by atoms with Crippen LogP contribution in [0.3, 0.4) is 0 Å². The minimum absolute atomic E-state index is 0.0157. The normalized spacial score (nSPS) is 11.8. The molecule has 1 aromatic carbocycles. The molecule has 0 spiro atoms. The third-order valence-corrected chi connectivity index (χ3v) is 5.77. The van der Waals surface area contributed by atoms with E-state index in [2.05, 4.69) is 0 Å². The van der Waals surface area contributed by atoms with Crippen molar-refractivity contribution in [3.05, 3.63) is 30.1 Å². The van der Waals surface area contributed by atoms with Crippen LogP contribution < -0.4 is 0 Å². The highest BCUT2D eigenvalue weighted by Gasteiger charge is 2.22. The Hall–Kier alpha value is -2.00. The summed E-state index contributed by atoms with van der Waals surface area (Å²) in [7, 11) is -2.35. The minimum atomic E-state index is -3.75. The Kier molecular flexibility index (Phi) is 8.16. The van der Waals surface area contributed by atoms with Gasteiger partial charge in [0, 0.05) is 32.6 Å². The van der Waals surface area contributed by atoms with Gasteiger partial charge in [-0.05, 0) is 44.5 Å². The van der Waals surface area contributed by atoms with Gasteiger partial charge in [0.2, 0.25) is 15.9 Å². The standard InChI is InChI=1S/C17H25FN2O5S/c1-13(2)20(12-10-17(22)23)16(21)5-4-11-19(3)26(24,25)15-8-6-14(18)7-9-15/h6-9,13H,4-5,10-12H2,1-3H3,(H,22,23). The molecular weight excluding hydrogens is 363 g/mol.